The number of para-hydroxylation sites is 1. The highest BCUT2D eigenvalue weighted by Crippen LogP contribution is 2.38. The maximum Gasteiger partial charge on any atom is 0.226 e. The minimum Gasteiger partial charge on any atom is -0.494 e. The maximum absolute atomic E-state index is 12.2. The molecule has 6 nitrogen and oxygen atoms in total. The monoisotopic (exact) mass is 298 g/mol. The van der Waals surface area contributed by atoms with Crippen molar-refractivity contribution in [2.24, 2.45) is 0 Å². The van der Waals surface area contributed by atoms with Crippen molar-refractivity contribution in [1.29, 1.82) is 0 Å². The van der Waals surface area contributed by atoms with Crippen molar-refractivity contribution in [2.75, 3.05) is 11.9 Å². The molecular formula is C16H18N4O2. The van der Waals surface area contributed by atoms with Gasteiger partial charge in [0, 0.05) is 16.8 Å². The second-order valence-electron chi connectivity index (χ2n) is 5.12. The molecule has 0 saturated carbocycles. The van der Waals surface area contributed by atoms with Crippen molar-refractivity contribution >= 4 is 11.7 Å². The van der Waals surface area contributed by atoms with Gasteiger partial charge in [-0.1, -0.05) is 18.2 Å². The van der Waals surface area contributed by atoms with Crippen LogP contribution in [0.1, 0.15) is 32.4 Å². The Morgan fingerprint density at radius 2 is 2.18 bits per heavy atom. The fourth-order valence-corrected chi connectivity index (χ4v) is 2.83. The number of anilines is 1. The Hall–Kier alpha value is -2.63. The Balaban J connectivity index is 2.21. The van der Waals surface area contributed by atoms with E-state index in [0.717, 1.165) is 17.0 Å². The molecule has 114 valence electrons. The number of aromatic nitrogens is 3. The van der Waals surface area contributed by atoms with E-state index in [1.807, 2.05) is 38.1 Å². The topological polar surface area (TPSA) is 69.0 Å². The lowest BCUT2D eigenvalue weighted by molar-refractivity contribution is -0.114. The number of nitrogens with one attached hydrogen (secondary N) is 1. The van der Waals surface area contributed by atoms with Crippen LogP contribution >= 0.6 is 0 Å². The van der Waals surface area contributed by atoms with Gasteiger partial charge in [0.05, 0.1) is 6.61 Å². The first kappa shape index (κ1) is 14.3. The van der Waals surface area contributed by atoms with E-state index in [1.165, 1.54) is 6.33 Å². The largest absolute Gasteiger partial charge is 0.494 e. The number of fused-ring (bicyclic) bond motifs is 1. The number of nitrogens with zero attached hydrogens (tertiary/aromatic N) is 3. The Morgan fingerprint density at radius 3 is 2.91 bits per heavy atom. The van der Waals surface area contributed by atoms with Gasteiger partial charge in [-0.25, -0.2) is 4.68 Å². The van der Waals surface area contributed by atoms with Crippen molar-refractivity contribution in [3.05, 3.63) is 47.4 Å². The second kappa shape index (κ2) is 5.63. The van der Waals surface area contributed by atoms with Gasteiger partial charge in [0.2, 0.25) is 5.95 Å². The Morgan fingerprint density at radius 1 is 1.41 bits per heavy atom. The number of allylic oxidation sites excluding steroid dienone is 2. The third-order valence-electron chi connectivity index (χ3n) is 3.69. The molecule has 0 amide bonds. The first-order valence-electron chi connectivity index (χ1n) is 7.23. The van der Waals surface area contributed by atoms with Crippen molar-refractivity contribution in [3.63, 3.8) is 0 Å². The quantitative estimate of drug-likeness (QED) is 0.939. The summed E-state index contributed by atoms with van der Waals surface area (Å²) < 4.78 is 7.45. The molecule has 6 heteroatoms. The molecule has 1 aromatic carbocycles. The van der Waals surface area contributed by atoms with E-state index in [0.29, 0.717) is 18.1 Å². The lowest BCUT2D eigenvalue weighted by Crippen LogP contribution is -2.28. The summed E-state index contributed by atoms with van der Waals surface area (Å²) in [5.74, 6) is 1.38. The molecule has 2 aromatic rings. The second-order valence-corrected chi connectivity index (χ2v) is 5.12. The highest BCUT2D eigenvalue weighted by molar-refractivity contribution is 5.96. The van der Waals surface area contributed by atoms with Crippen LogP contribution in [0.2, 0.25) is 0 Å². The van der Waals surface area contributed by atoms with Crippen LogP contribution in [-0.2, 0) is 4.79 Å². The molecule has 3 rings (SSSR count). The average molecular weight is 298 g/mol. The number of hydrogen-bond donors (Lipinski definition) is 1. The van der Waals surface area contributed by atoms with E-state index in [9.17, 15) is 4.79 Å². The molecule has 1 aromatic heterocycles. The van der Waals surface area contributed by atoms with Gasteiger partial charge in [0.25, 0.3) is 0 Å². The molecule has 0 saturated heterocycles. The van der Waals surface area contributed by atoms with E-state index < -0.39 is 0 Å². The molecule has 22 heavy (non-hydrogen) atoms. The van der Waals surface area contributed by atoms with E-state index in [1.54, 1.807) is 11.6 Å². The minimum atomic E-state index is -0.334. The number of carbonyl (C=O) groups is 1. The number of carbonyl (C=O) groups excluding carboxylic acids is 1. The zero-order valence-electron chi connectivity index (χ0n) is 12.8. The summed E-state index contributed by atoms with van der Waals surface area (Å²) in [5.41, 5.74) is 2.37. The third-order valence-corrected chi connectivity index (χ3v) is 3.69. The average Bonchev–Trinajstić information content (AvgIpc) is 2.94. The van der Waals surface area contributed by atoms with Gasteiger partial charge in [-0.2, -0.15) is 10.1 Å². The van der Waals surface area contributed by atoms with Gasteiger partial charge in [-0.05, 0) is 26.8 Å². The maximum atomic E-state index is 12.2. The third kappa shape index (κ3) is 2.26. The first-order chi connectivity index (χ1) is 10.6. The van der Waals surface area contributed by atoms with Crippen LogP contribution in [-0.4, -0.2) is 27.2 Å². The molecule has 0 unspecified atom stereocenters. The summed E-state index contributed by atoms with van der Waals surface area (Å²) in [6.45, 7) is 5.95. The standard InChI is InChI=1S/C16H18N4O2/c1-4-22-13-8-6-5-7-12(13)15-14(11(3)21)10(2)19-16-17-9-18-20(15)16/h5-9,15H,4H2,1-3H3,(H,17,18,19)/t15-/m1/s1. The van der Waals surface area contributed by atoms with E-state index in [-0.39, 0.29) is 11.8 Å². The number of rotatable bonds is 4. The summed E-state index contributed by atoms with van der Waals surface area (Å²) >= 11 is 0. The molecule has 0 fully saturated rings. The molecule has 1 aliphatic heterocycles. The van der Waals surface area contributed by atoms with Gasteiger partial charge in [-0.3, -0.25) is 4.79 Å². The van der Waals surface area contributed by atoms with Crippen molar-refractivity contribution < 1.29 is 9.53 Å². The van der Waals surface area contributed by atoms with Crippen LogP contribution in [0.25, 0.3) is 0 Å². The smallest absolute Gasteiger partial charge is 0.226 e. The highest BCUT2D eigenvalue weighted by Gasteiger charge is 2.33. The van der Waals surface area contributed by atoms with Crippen LogP contribution in [0.3, 0.4) is 0 Å². The molecule has 0 radical (unpaired) electrons. The SMILES string of the molecule is CCOc1ccccc1[C@@H]1C(C(C)=O)=C(C)Nc2ncnn21. The van der Waals surface area contributed by atoms with Crippen LogP contribution in [0.5, 0.6) is 5.75 Å². The highest BCUT2D eigenvalue weighted by atomic mass is 16.5. The number of ether oxygens (including phenoxy) is 1. The molecule has 0 aliphatic carbocycles. The van der Waals surface area contributed by atoms with Crippen molar-refractivity contribution in [2.45, 2.75) is 26.8 Å². The molecule has 0 spiro atoms. The fourth-order valence-electron chi connectivity index (χ4n) is 2.83. The van der Waals surface area contributed by atoms with E-state index in [4.69, 9.17) is 4.74 Å². The van der Waals surface area contributed by atoms with E-state index in [2.05, 4.69) is 15.4 Å². The van der Waals surface area contributed by atoms with Crippen molar-refractivity contribution in [1.82, 2.24) is 14.8 Å². The molecule has 0 bridgehead atoms. The minimum absolute atomic E-state index is 0.00227. The zero-order chi connectivity index (χ0) is 15.7. The Labute approximate surface area is 128 Å². The molecule has 1 N–H and O–H groups in total. The van der Waals surface area contributed by atoms with Gasteiger partial charge < -0.3 is 10.1 Å². The van der Waals surface area contributed by atoms with Crippen LogP contribution in [0.15, 0.2) is 41.9 Å². The summed E-state index contributed by atoms with van der Waals surface area (Å²) in [7, 11) is 0. The van der Waals surface area contributed by atoms with Crippen LogP contribution in [0, 0.1) is 0 Å². The molecular weight excluding hydrogens is 280 g/mol. The normalized spacial score (nSPS) is 17.0. The Kier molecular flexibility index (Phi) is 3.66. The number of Topliss-reactive ketones (excluding diaryl/α,β-unsaturated/α-hetero) is 1. The van der Waals surface area contributed by atoms with Crippen LogP contribution in [0.4, 0.5) is 5.95 Å². The summed E-state index contributed by atoms with van der Waals surface area (Å²) in [6, 6.07) is 7.39. The number of benzene rings is 1. The van der Waals surface area contributed by atoms with Gasteiger partial charge in [-0.15, -0.1) is 0 Å². The zero-order valence-corrected chi connectivity index (χ0v) is 12.8. The van der Waals surface area contributed by atoms with Gasteiger partial charge >= 0.3 is 0 Å². The van der Waals surface area contributed by atoms with Crippen LogP contribution < -0.4 is 10.1 Å². The first-order valence-corrected chi connectivity index (χ1v) is 7.23. The molecule has 2 heterocycles. The number of hydrogen-bond acceptors (Lipinski definition) is 5. The molecule has 1 aliphatic rings. The van der Waals surface area contributed by atoms with Crippen molar-refractivity contribution in [3.8, 4) is 5.75 Å². The molecule has 1 atom stereocenters. The van der Waals surface area contributed by atoms with Gasteiger partial charge in [0.15, 0.2) is 5.78 Å². The number of ketones is 1. The summed E-state index contributed by atoms with van der Waals surface area (Å²) in [6.07, 6.45) is 1.48. The lowest BCUT2D eigenvalue weighted by Gasteiger charge is -2.29. The summed E-state index contributed by atoms with van der Waals surface area (Å²) in [5, 5.41) is 7.41. The Bertz CT molecular complexity index is 748. The predicted octanol–water partition coefficient (Wildman–Crippen LogP) is 2.55. The predicted molar refractivity (Wildman–Crippen MR) is 82.8 cm³/mol. The summed E-state index contributed by atoms with van der Waals surface area (Å²) in [4.78, 5) is 16.4. The van der Waals surface area contributed by atoms with E-state index >= 15 is 0 Å². The lowest BCUT2D eigenvalue weighted by atomic mass is 9.92. The fraction of sp³-hybridized carbons (Fsp3) is 0.312. The van der Waals surface area contributed by atoms with Gasteiger partial charge in [0.1, 0.15) is 18.1 Å².